The Balaban J connectivity index is 2.87. The fraction of sp³-hybridized carbons (Fsp3) is 0.714. The summed E-state index contributed by atoms with van der Waals surface area (Å²) < 4.78 is 5.04. The summed E-state index contributed by atoms with van der Waals surface area (Å²) in [5.74, 6) is 0.214. The minimum absolute atomic E-state index is 0.0893. The predicted octanol–water partition coefficient (Wildman–Crippen LogP) is -0.711. The van der Waals surface area contributed by atoms with Crippen molar-refractivity contribution in [3.8, 4) is 0 Å². The van der Waals surface area contributed by atoms with E-state index >= 15 is 0 Å². The van der Waals surface area contributed by atoms with Gasteiger partial charge in [-0.1, -0.05) is 0 Å². The van der Waals surface area contributed by atoms with Crippen molar-refractivity contribution in [2.75, 3.05) is 6.61 Å². The molecule has 1 aromatic rings. The van der Waals surface area contributed by atoms with Crippen LogP contribution in [0.15, 0.2) is 4.42 Å². The van der Waals surface area contributed by atoms with E-state index in [1.54, 1.807) is 0 Å². The minimum atomic E-state index is -1.18. The Kier molecular flexibility index (Phi) is 2.65. The maximum atomic E-state index is 9.46. The largest absolute Gasteiger partial charge is 0.420 e. The molecule has 0 bridgehead atoms. The molecule has 1 heterocycles. The molecule has 1 atom stereocenters. The van der Waals surface area contributed by atoms with Gasteiger partial charge in [-0.3, -0.25) is 0 Å². The molecule has 6 nitrogen and oxygen atoms in total. The molecule has 13 heavy (non-hydrogen) atoms. The molecule has 0 amide bonds. The average molecular weight is 187 g/mol. The van der Waals surface area contributed by atoms with Gasteiger partial charge in [-0.2, -0.15) is 0 Å². The first kappa shape index (κ1) is 10.1. The Morgan fingerprint density at radius 1 is 1.54 bits per heavy atom. The van der Waals surface area contributed by atoms with Gasteiger partial charge in [0.25, 0.3) is 0 Å². The lowest BCUT2D eigenvalue weighted by Crippen LogP contribution is -2.16. The highest BCUT2D eigenvalue weighted by atomic mass is 16.4. The van der Waals surface area contributed by atoms with Gasteiger partial charge in [-0.15, -0.1) is 10.2 Å². The van der Waals surface area contributed by atoms with E-state index in [-0.39, 0.29) is 18.4 Å². The maximum absolute atomic E-state index is 9.46. The molecule has 0 spiro atoms. The van der Waals surface area contributed by atoms with Crippen molar-refractivity contribution in [1.82, 2.24) is 10.2 Å². The Morgan fingerprint density at radius 3 is 2.54 bits per heavy atom. The standard InChI is InChI=1S/C7H13N3O3/c1-7(2,12)6-10-9-5(13-6)4(8)3-11/h4,11-12H,3,8H2,1-2H3/t4-/m1/s1. The van der Waals surface area contributed by atoms with Crippen molar-refractivity contribution in [2.24, 2.45) is 5.73 Å². The minimum Gasteiger partial charge on any atom is -0.420 e. The van der Waals surface area contributed by atoms with Gasteiger partial charge >= 0.3 is 0 Å². The SMILES string of the molecule is CC(C)(O)c1nnc([C@H](N)CO)o1. The molecular formula is C7H13N3O3. The van der Waals surface area contributed by atoms with Crippen LogP contribution in [0.25, 0.3) is 0 Å². The number of nitrogens with two attached hydrogens (primary N) is 1. The molecule has 1 rings (SSSR count). The number of aromatic nitrogens is 2. The van der Waals surface area contributed by atoms with E-state index in [9.17, 15) is 5.11 Å². The highest BCUT2D eigenvalue weighted by Gasteiger charge is 2.25. The summed E-state index contributed by atoms with van der Waals surface area (Å²) in [6, 6.07) is -0.691. The summed E-state index contributed by atoms with van der Waals surface area (Å²) >= 11 is 0. The second-order valence-electron chi connectivity index (χ2n) is 3.29. The van der Waals surface area contributed by atoms with Crippen LogP contribution in [0.3, 0.4) is 0 Å². The molecule has 1 aromatic heterocycles. The Labute approximate surface area is 75.4 Å². The first-order chi connectivity index (χ1) is 5.95. The molecule has 74 valence electrons. The molecule has 0 aromatic carbocycles. The first-order valence-corrected chi connectivity index (χ1v) is 3.88. The van der Waals surface area contributed by atoms with Crippen LogP contribution in [0, 0.1) is 0 Å². The summed E-state index contributed by atoms with van der Waals surface area (Å²) in [6.07, 6.45) is 0. The molecular weight excluding hydrogens is 174 g/mol. The van der Waals surface area contributed by atoms with Crippen LogP contribution in [0.1, 0.15) is 31.7 Å². The molecule has 0 aliphatic rings. The molecule has 0 unspecified atom stereocenters. The lowest BCUT2D eigenvalue weighted by atomic mass is 10.1. The zero-order valence-corrected chi connectivity index (χ0v) is 7.56. The summed E-state index contributed by atoms with van der Waals surface area (Å²) in [5.41, 5.74) is 4.24. The summed E-state index contributed by atoms with van der Waals surface area (Å²) in [7, 11) is 0. The van der Waals surface area contributed by atoms with E-state index in [1.165, 1.54) is 13.8 Å². The normalized spacial score (nSPS) is 14.5. The highest BCUT2D eigenvalue weighted by Crippen LogP contribution is 2.19. The third kappa shape index (κ3) is 2.24. The molecule has 0 fully saturated rings. The number of nitrogens with zero attached hydrogens (tertiary/aromatic N) is 2. The van der Waals surface area contributed by atoms with Gasteiger partial charge in [-0.25, -0.2) is 0 Å². The smallest absolute Gasteiger partial charge is 0.247 e. The van der Waals surface area contributed by atoms with Gasteiger partial charge in [0.15, 0.2) is 0 Å². The molecule has 0 aliphatic heterocycles. The van der Waals surface area contributed by atoms with Crippen LogP contribution in [0.4, 0.5) is 0 Å². The van der Waals surface area contributed by atoms with Gasteiger partial charge in [0.2, 0.25) is 11.8 Å². The van der Waals surface area contributed by atoms with Crippen molar-refractivity contribution < 1.29 is 14.6 Å². The molecule has 0 aliphatic carbocycles. The van der Waals surface area contributed by atoms with E-state index in [1.807, 2.05) is 0 Å². The van der Waals surface area contributed by atoms with Crippen molar-refractivity contribution in [1.29, 1.82) is 0 Å². The quantitative estimate of drug-likeness (QED) is 0.577. The van der Waals surface area contributed by atoms with E-state index in [2.05, 4.69) is 10.2 Å². The first-order valence-electron chi connectivity index (χ1n) is 3.88. The van der Waals surface area contributed by atoms with Gasteiger partial charge < -0.3 is 20.4 Å². The van der Waals surface area contributed by atoms with Crippen molar-refractivity contribution in [2.45, 2.75) is 25.5 Å². The van der Waals surface area contributed by atoms with Crippen LogP contribution < -0.4 is 5.73 Å². The van der Waals surface area contributed by atoms with Crippen LogP contribution in [0.2, 0.25) is 0 Å². The van der Waals surface area contributed by atoms with Crippen LogP contribution >= 0.6 is 0 Å². The van der Waals surface area contributed by atoms with E-state index in [0.717, 1.165) is 0 Å². The fourth-order valence-electron chi connectivity index (χ4n) is 0.710. The monoisotopic (exact) mass is 187 g/mol. The van der Waals surface area contributed by atoms with E-state index in [4.69, 9.17) is 15.3 Å². The number of hydrogen-bond donors (Lipinski definition) is 3. The van der Waals surface area contributed by atoms with Crippen molar-refractivity contribution in [3.05, 3.63) is 11.8 Å². The topological polar surface area (TPSA) is 105 Å². The molecule has 0 radical (unpaired) electrons. The summed E-state index contributed by atoms with van der Waals surface area (Å²) in [5, 5.41) is 25.3. The lowest BCUT2D eigenvalue weighted by molar-refractivity contribution is 0.0461. The van der Waals surface area contributed by atoms with Gasteiger partial charge in [0.1, 0.15) is 11.6 Å². The van der Waals surface area contributed by atoms with Crippen molar-refractivity contribution in [3.63, 3.8) is 0 Å². The van der Waals surface area contributed by atoms with Gasteiger partial charge in [0, 0.05) is 0 Å². The number of aliphatic hydroxyl groups is 2. The predicted molar refractivity (Wildman–Crippen MR) is 43.6 cm³/mol. The van der Waals surface area contributed by atoms with Gasteiger partial charge in [-0.05, 0) is 13.8 Å². The maximum Gasteiger partial charge on any atom is 0.247 e. The second kappa shape index (κ2) is 3.41. The van der Waals surface area contributed by atoms with E-state index in [0.29, 0.717) is 0 Å². The van der Waals surface area contributed by atoms with Gasteiger partial charge in [0.05, 0.1) is 6.61 Å². The highest BCUT2D eigenvalue weighted by molar-refractivity contribution is 4.94. The second-order valence-corrected chi connectivity index (χ2v) is 3.29. The average Bonchev–Trinajstić information content (AvgIpc) is 2.50. The zero-order chi connectivity index (χ0) is 10.1. The summed E-state index contributed by atoms with van der Waals surface area (Å²) in [6.45, 7) is 2.77. The van der Waals surface area contributed by atoms with Crippen LogP contribution in [-0.2, 0) is 5.60 Å². The van der Waals surface area contributed by atoms with E-state index < -0.39 is 11.6 Å². The summed E-state index contributed by atoms with van der Waals surface area (Å²) in [4.78, 5) is 0. The number of rotatable bonds is 3. The molecule has 4 N–H and O–H groups in total. The Bertz CT molecular complexity index is 279. The van der Waals surface area contributed by atoms with Crippen molar-refractivity contribution >= 4 is 0 Å². The molecule has 0 saturated heterocycles. The molecule has 6 heteroatoms. The van der Waals surface area contributed by atoms with Crippen LogP contribution in [-0.4, -0.2) is 27.0 Å². The lowest BCUT2D eigenvalue weighted by Gasteiger charge is -2.10. The third-order valence-electron chi connectivity index (χ3n) is 1.48. The molecule has 0 saturated carbocycles. The number of hydrogen-bond acceptors (Lipinski definition) is 6. The zero-order valence-electron chi connectivity index (χ0n) is 7.56. The Hall–Kier alpha value is -0.980. The third-order valence-corrected chi connectivity index (χ3v) is 1.48. The fourth-order valence-corrected chi connectivity index (χ4v) is 0.710. The van der Waals surface area contributed by atoms with Crippen LogP contribution in [0.5, 0.6) is 0 Å². The number of aliphatic hydroxyl groups excluding tert-OH is 1. The Morgan fingerprint density at radius 2 is 2.15 bits per heavy atom.